The lowest BCUT2D eigenvalue weighted by atomic mass is 10.3. The minimum Gasteiger partial charge on any atom is -0.361 e. The Morgan fingerprint density at radius 1 is 1.29 bits per heavy atom. The third kappa shape index (κ3) is 3.46. The molecule has 0 spiro atoms. The van der Waals surface area contributed by atoms with Crippen LogP contribution in [-0.2, 0) is 18.5 Å². The Balaban J connectivity index is 2.30. The summed E-state index contributed by atoms with van der Waals surface area (Å²) in [5, 5.41) is 0. The third-order valence-electron chi connectivity index (χ3n) is 3.39. The second kappa shape index (κ2) is 6.06. The fraction of sp³-hybridized carbons (Fsp3) is 0.500. The number of ether oxygens (including phenoxy) is 1. The van der Waals surface area contributed by atoms with Gasteiger partial charge in [0.15, 0.2) is 0 Å². The van der Waals surface area contributed by atoms with Crippen LogP contribution in [0.2, 0.25) is 25.7 Å². The van der Waals surface area contributed by atoms with Crippen LogP contribution in [-0.4, -0.2) is 23.8 Å². The first kappa shape index (κ1) is 16.4. The number of halogens is 2. The van der Waals surface area contributed by atoms with Gasteiger partial charge in [-0.15, -0.1) is 0 Å². The number of imidazole rings is 1. The van der Waals surface area contributed by atoms with Crippen molar-refractivity contribution in [1.82, 2.24) is 9.13 Å². The van der Waals surface area contributed by atoms with Crippen molar-refractivity contribution < 1.29 is 9.13 Å². The number of hydrogen-bond donors (Lipinski definition) is 0. The summed E-state index contributed by atoms with van der Waals surface area (Å²) in [4.78, 5) is 12.3. The largest absolute Gasteiger partial charge is 0.361 e. The van der Waals surface area contributed by atoms with Crippen molar-refractivity contribution in [3.05, 3.63) is 32.9 Å². The summed E-state index contributed by atoms with van der Waals surface area (Å²) in [6, 6.07) is 3.97. The highest BCUT2D eigenvalue weighted by molar-refractivity contribution is 9.10. The van der Waals surface area contributed by atoms with Crippen molar-refractivity contribution in [2.24, 2.45) is 7.05 Å². The molecular weight excluding hydrogens is 355 g/mol. The van der Waals surface area contributed by atoms with Gasteiger partial charge in [0.25, 0.3) is 0 Å². The maximum atomic E-state index is 14.1. The Kier molecular flexibility index (Phi) is 4.75. The highest BCUT2D eigenvalue weighted by atomic mass is 79.9. The molecule has 0 bridgehead atoms. The second-order valence-corrected chi connectivity index (χ2v) is 12.8. The van der Waals surface area contributed by atoms with Crippen LogP contribution in [0.25, 0.3) is 11.0 Å². The van der Waals surface area contributed by atoms with Gasteiger partial charge in [-0.25, -0.2) is 9.18 Å². The van der Waals surface area contributed by atoms with Crippen LogP contribution in [0, 0.1) is 5.82 Å². The number of fused-ring (bicyclic) bond motifs is 1. The first-order valence-electron chi connectivity index (χ1n) is 6.83. The molecule has 0 amide bonds. The molecule has 21 heavy (non-hydrogen) atoms. The first-order chi connectivity index (χ1) is 9.72. The van der Waals surface area contributed by atoms with Gasteiger partial charge < -0.3 is 4.74 Å². The van der Waals surface area contributed by atoms with Crippen LogP contribution in [0.3, 0.4) is 0 Å². The number of aromatic nitrogens is 2. The molecule has 116 valence electrons. The van der Waals surface area contributed by atoms with Gasteiger partial charge in [-0.1, -0.05) is 19.6 Å². The van der Waals surface area contributed by atoms with E-state index in [9.17, 15) is 9.18 Å². The van der Waals surface area contributed by atoms with Crippen molar-refractivity contribution in [3.63, 3.8) is 0 Å². The van der Waals surface area contributed by atoms with E-state index < -0.39 is 13.9 Å². The number of aryl methyl sites for hydroxylation is 1. The van der Waals surface area contributed by atoms with E-state index >= 15 is 0 Å². The average molecular weight is 375 g/mol. The van der Waals surface area contributed by atoms with E-state index in [1.165, 1.54) is 15.2 Å². The molecule has 0 fully saturated rings. The number of rotatable bonds is 5. The Bertz CT molecular complexity index is 718. The topological polar surface area (TPSA) is 36.2 Å². The van der Waals surface area contributed by atoms with E-state index in [2.05, 4.69) is 35.6 Å². The average Bonchev–Trinajstić information content (AvgIpc) is 2.63. The SMILES string of the molecule is Cn1c(=O)n(COCC[Si](C)(C)C)c2c(F)ccc(Br)c21. The number of benzene rings is 1. The Hall–Kier alpha value is -0.923. The summed E-state index contributed by atoms with van der Waals surface area (Å²) in [5.74, 6) is -0.417. The smallest absolute Gasteiger partial charge is 0.330 e. The van der Waals surface area contributed by atoms with Crippen molar-refractivity contribution in [2.45, 2.75) is 32.4 Å². The highest BCUT2D eigenvalue weighted by Gasteiger charge is 2.18. The van der Waals surface area contributed by atoms with Gasteiger partial charge in [-0.2, -0.15) is 0 Å². The fourth-order valence-corrected chi connectivity index (χ4v) is 3.48. The van der Waals surface area contributed by atoms with E-state index in [1.54, 1.807) is 13.1 Å². The third-order valence-corrected chi connectivity index (χ3v) is 5.74. The molecule has 0 atom stereocenters. The van der Waals surface area contributed by atoms with Gasteiger partial charge in [0.2, 0.25) is 0 Å². The zero-order valence-corrected chi connectivity index (χ0v) is 15.3. The Labute approximate surface area is 132 Å². The molecular formula is C14H20BrFN2O2Si. The summed E-state index contributed by atoms with van der Waals surface area (Å²) in [6.45, 7) is 7.45. The Morgan fingerprint density at radius 3 is 2.57 bits per heavy atom. The molecule has 0 aliphatic rings. The molecule has 7 heteroatoms. The van der Waals surface area contributed by atoms with Gasteiger partial charge in [-0.05, 0) is 34.1 Å². The van der Waals surface area contributed by atoms with E-state index in [-0.39, 0.29) is 17.9 Å². The zero-order valence-electron chi connectivity index (χ0n) is 12.7. The summed E-state index contributed by atoms with van der Waals surface area (Å²) < 4.78 is 23.1. The molecule has 1 aromatic carbocycles. The molecule has 0 aliphatic carbocycles. The maximum absolute atomic E-state index is 14.1. The lowest BCUT2D eigenvalue weighted by molar-refractivity contribution is 0.0869. The predicted molar refractivity (Wildman–Crippen MR) is 88.9 cm³/mol. The van der Waals surface area contributed by atoms with E-state index in [1.807, 2.05) is 0 Å². The minimum absolute atomic E-state index is 0.0774. The molecule has 0 N–H and O–H groups in total. The molecule has 0 saturated heterocycles. The summed E-state index contributed by atoms with van der Waals surface area (Å²) in [7, 11) is 0.456. The van der Waals surface area contributed by atoms with Gasteiger partial charge in [0, 0.05) is 26.2 Å². The lowest BCUT2D eigenvalue weighted by Gasteiger charge is -2.15. The Morgan fingerprint density at radius 2 is 1.95 bits per heavy atom. The zero-order chi connectivity index (χ0) is 15.8. The lowest BCUT2D eigenvalue weighted by Crippen LogP contribution is -2.25. The van der Waals surface area contributed by atoms with Crippen molar-refractivity contribution in [2.75, 3.05) is 6.61 Å². The van der Waals surface area contributed by atoms with Crippen LogP contribution in [0.5, 0.6) is 0 Å². The second-order valence-electron chi connectivity index (χ2n) is 6.34. The van der Waals surface area contributed by atoms with Crippen molar-refractivity contribution in [3.8, 4) is 0 Å². The molecule has 0 unspecified atom stereocenters. The van der Waals surface area contributed by atoms with E-state index in [0.29, 0.717) is 16.6 Å². The van der Waals surface area contributed by atoms with Gasteiger partial charge >= 0.3 is 5.69 Å². The standard InChI is InChI=1S/C14H20BrFN2O2Si/c1-17-12-10(15)5-6-11(16)13(12)18(14(17)19)9-20-7-8-21(2,3)4/h5-6H,7-9H2,1-4H3. The first-order valence-corrected chi connectivity index (χ1v) is 11.3. The quantitative estimate of drug-likeness (QED) is 0.592. The highest BCUT2D eigenvalue weighted by Crippen LogP contribution is 2.25. The van der Waals surface area contributed by atoms with Crippen LogP contribution < -0.4 is 5.69 Å². The minimum atomic E-state index is -1.18. The van der Waals surface area contributed by atoms with Gasteiger partial charge in [0.05, 0.1) is 5.52 Å². The van der Waals surface area contributed by atoms with Crippen molar-refractivity contribution in [1.29, 1.82) is 0 Å². The molecule has 1 aromatic heterocycles. The predicted octanol–water partition coefficient (Wildman–Crippen LogP) is 3.55. The maximum Gasteiger partial charge on any atom is 0.330 e. The van der Waals surface area contributed by atoms with Gasteiger partial charge in [0.1, 0.15) is 18.1 Å². The molecule has 1 heterocycles. The molecule has 2 aromatic rings. The van der Waals surface area contributed by atoms with Gasteiger partial charge in [-0.3, -0.25) is 9.13 Å². The summed E-state index contributed by atoms with van der Waals surface area (Å²) >= 11 is 3.36. The number of nitrogens with zero attached hydrogens (tertiary/aromatic N) is 2. The fourth-order valence-electron chi connectivity index (χ4n) is 2.13. The molecule has 0 saturated carbocycles. The molecule has 0 radical (unpaired) electrons. The summed E-state index contributed by atoms with van der Waals surface area (Å²) in [5.41, 5.74) is 0.558. The van der Waals surface area contributed by atoms with Crippen LogP contribution in [0.1, 0.15) is 0 Å². The molecule has 2 rings (SSSR count). The normalized spacial score (nSPS) is 12.3. The van der Waals surface area contributed by atoms with Crippen LogP contribution in [0.4, 0.5) is 4.39 Å². The van der Waals surface area contributed by atoms with Crippen molar-refractivity contribution >= 4 is 35.0 Å². The number of hydrogen-bond acceptors (Lipinski definition) is 2. The summed E-state index contributed by atoms with van der Waals surface area (Å²) in [6.07, 6.45) is 0. The van der Waals surface area contributed by atoms with E-state index in [4.69, 9.17) is 4.74 Å². The molecule has 4 nitrogen and oxygen atoms in total. The van der Waals surface area contributed by atoms with Crippen LogP contribution in [0.15, 0.2) is 21.4 Å². The van der Waals surface area contributed by atoms with E-state index in [0.717, 1.165) is 6.04 Å². The van der Waals surface area contributed by atoms with Crippen LogP contribution >= 0.6 is 15.9 Å². The monoisotopic (exact) mass is 374 g/mol. The molecule has 0 aliphatic heterocycles.